The van der Waals surface area contributed by atoms with Gasteiger partial charge >= 0.3 is 17.2 Å². The number of rotatable bonds is 9. The molecule has 0 aliphatic carbocycles. The molecule has 3 rings (SSSR count). The van der Waals surface area contributed by atoms with Crippen LogP contribution in [-0.2, 0) is 12.1 Å². The number of carbonyl (C=O) groups excluding carboxylic acids is 2. The van der Waals surface area contributed by atoms with Crippen LogP contribution in [0.1, 0.15) is 45.7 Å². The molecule has 0 aliphatic rings. The molecule has 0 fully saturated rings. The summed E-state index contributed by atoms with van der Waals surface area (Å²) in [7, 11) is 1.24. The van der Waals surface area contributed by atoms with E-state index in [0.717, 1.165) is 6.20 Å². The molecule has 0 saturated carbocycles. The van der Waals surface area contributed by atoms with Crippen LogP contribution in [0, 0.1) is 5.21 Å². The van der Waals surface area contributed by atoms with Gasteiger partial charge in [0.1, 0.15) is 5.56 Å². The van der Waals surface area contributed by atoms with Crippen molar-refractivity contribution in [3.63, 3.8) is 0 Å². The minimum atomic E-state index is -6.07. The Morgan fingerprint density at radius 3 is 2.29 bits per heavy atom. The Labute approximate surface area is 249 Å². The number of methoxy groups -OCH3 is 1. The second-order valence-electron chi connectivity index (χ2n) is 8.81. The fourth-order valence-corrected chi connectivity index (χ4v) is 5.06. The van der Waals surface area contributed by atoms with Gasteiger partial charge in [-0.3, -0.25) is 9.59 Å². The summed E-state index contributed by atoms with van der Waals surface area (Å²) in [5, 5.41) is 8.83. The predicted molar refractivity (Wildman–Crippen MR) is 147 cm³/mol. The number of hydrogen-bond acceptors (Lipinski definition) is 4. The number of alkyl halides is 7. The first-order chi connectivity index (χ1) is 19.5. The minimum Gasteiger partial charge on any atom is -0.619 e. The summed E-state index contributed by atoms with van der Waals surface area (Å²) in [6.07, 6.45) is -3.90. The molecule has 0 radical (unpaired) electrons. The summed E-state index contributed by atoms with van der Waals surface area (Å²) in [6.45, 7) is 3.21. The number of pyridine rings is 1. The van der Waals surface area contributed by atoms with Gasteiger partial charge < -0.3 is 20.2 Å². The minimum absolute atomic E-state index is 0.0523. The molecule has 0 spiro atoms. The first-order valence-electron chi connectivity index (χ1n) is 12.2. The highest BCUT2D eigenvalue weighted by Crippen LogP contribution is 2.55. The second kappa shape index (κ2) is 12.4. The Balaban J connectivity index is 2.06. The third kappa shape index (κ3) is 6.14. The standard InChI is InChI=1S/C27H23BrClF6N3O4/c1-4-15-12-17(25(30,26(29,31)32)27(33,34)35)13-19(28)21(15)36-23(39)18-9-6-10-20(22(18)42-3)38(5-2)24(40)16-8-7-11-37(41)14-16/h6-14H,4-5H2,1-3H3,(H,36,39). The van der Waals surface area contributed by atoms with E-state index in [-0.39, 0.29) is 51.3 Å². The molecule has 42 heavy (non-hydrogen) atoms. The van der Waals surface area contributed by atoms with Gasteiger partial charge in [-0.2, -0.15) is 26.7 Å². The number of amides is 2. The molecule has 0 aliphatic heterocycles. The van der Waals surface area contributed by atoms with Gasteiger partial charge in [0.05, 0.1) is 24.0 Å². The van der Waals surface area contributed by atoms with E-state index in [4.69, 9.17) is 4.74 Å². The number of carbonyl (C=O) groups is 2. The van der Waals surface area contributed by atoms with Crippen molar-refractivity contribution < 1.29 is 45.4 Å². The van der Waals surface area contributed by atoms with E-state index in [2.05, 4.69) is 32.8 Å². The molecular weight excluding hydrogens is 660 g/mol. The lowest BCUT2D eigenvalue weighted by Crippen LogP contribution is -2.49. The van der Waals surface area contributed by atoms with Crippen molar-refractivity contribution in [2.75, 3.05) is 23.9 Å². The largest absolute Gasteiger partial charge is 0.619 e. The first-order valence-corrected chi connectivity index (χ1v) is 13.3. The number of aryl methyl sites for hydroxylation is 1. The van der Waals surface area contributed by atoms with Gasteiger partial charge in [-0.1, -0.05) is 13.0 Å². The molecule has 2 amide bonds. The van der Waals surface area contributed by atoms with Crippen LogP contribution in [0.5, 0.6) is 5.75 Å². The summed E-state index contributed by atoms with van der Waals surface area (Å²) in [6, 6.07) is 8.13. The van der Waals surface area contributed by atoms with Gasteiger partial charge in [-0.05, 0) is 76.8 Å². The number of nitrogens with one attached hydrogen (secondary N) is 1. The molecule has 1 aromatic heterocycles. The number of para-hydroxylation sites is 1. The molecule has 1 heterocycles. The number of anilines is 2. The number of nitrogens with zero attached hydrogens (tertiary/aromatic N) is 2. The maximum absolute atomic E-state index is 15.0. The Hall–Kier alpha value is -3.52. The molecule has 15 heteroatoms. The Kier molecular flexibility index (Phi) is 9.72. The molecule has 2 aromatic carbocycles. The number of benzene rings is 2. The highest BCUT2D eigenvalue weighted by Gasteiger charge is 2.72. The van der Waals surface area contributed by atoms with Crippen LogP contribution in [0.25, 0.3) is 0 Å². The van der Waals surface area contributed by atoms with Gasteiger partial charge in [0.15, 0.2) is 18.1 Å². The molecule has 1 N–H and O–H groups in total. The van der Waals surface area contributed by atoms with E-state index < -0.39 is 34.6 Å². The van der Waals surface area contributed by atoms with Gasteiger partial charge in [-0.25, -0.2) is 4.39 Å². The lowest BCUT2D eigenvalue weighted by Gasteiger charge is -2.32. The van der Waals surface area contributed by atoms with Gasteiger partial charge in [0.2, 0.25) is 0 Å². The van der Waals surface area contributed by atoms with E-state index in [9.17, 15) is 41.1 Å². The van der Waals surface area contributed by atoms with Crippen LogP contribution < -0.4 is 19.7 Å². The maximum atomic E-state index is 15.0. The Morgan fingerprint density at radius 2 is 1.76 bits per heavy atom. The van der Waals surface area contributed by atoms with Crippen molar-refractivity contribution in [3.8, 4) is 5.75 Å². The molecule has 0 bridgehead atoms. The molecule has 0 saturated heterocycles. The van der Waals surface area contributed by atoms with Crippen LogP contribution >= 0.6 is 27.5 Å². The average molecular weight is 683 g/mol. The van der Waals surface area contributed by atoms with Crippen molar-refractivity contribution in [1.29, 1.82) is 0 Å². The molecule has 3 aromatic rings. The van der Waals surface area contributed by atoms with Crippen molar-refractivity contribution in [3.05, 3.63) is 86.8 Å². The topological polar surface area (TPSA) is 85.6 Å². The normalized spacial score (nSPS) is 13.3. The van der Waals surface area contributed by atoms with Crippen molar-refractivity contribution >= 4 is 50.7 Å². The van der Waals surface area contributed by atoms with Crippen molar-refractivity contribution in [1.82, 2.24) is 0 Å². The quantitative estimate of drug-likeness (QED) is 0.113. The second-order valence-corrected chi connectivity index (χ2v) is 10.1. The third-order valence-electron chi connectivity index (χ3n) is 6.29. The van der Waals surface area contributed by atoms with Crippen LogP contribution in [0.2, 0.25) is 0 Å². The number of hydrogen-bond donors (Lipinski definition) is 1. The molecule has 1 atom stereocenters. The van der Waals surface area contributed by atoms with E-state index >= 15 is 0 Å². The van der Waals surface area contributed by atoms with E-state index in [1.54, 1.807) is 6.92 Å². The maximum Gasteiger partial charge on any atom is 0.434 e. The van der Waals surface area contributed by atoms with Gasteiger partial charge in [0, 0.05) is 22.6 Å². The van der Waals surface area contributed by atoms with Crippen LogP contribution in [0.15, 0.2) is 59.3 Å². The summed E-state index contributed by atoms with van der Waals surface area (Å²) < 4.78 is 88.6. The Bertz CT molecular complexity index is 1490. The van der Waals surface area contributed by atoms with E-state index in [0.29, 0.717) is 16.9 Å². The zero-order chi connectivity index (χ0) is 31.6. The van der Waals surface area contributed by atoms with Gasteiger partial charge in [-0.15, -0.1) is 0 Å². The predicted octanol–water partition coefficient (Wildman–Crippen LogP) is 7.13. The number of ether oxygens (including phenoxy) is 1. The zero-order valence-electron chi connectivity index (χ0n) is 22.2. The third-order valence-corrected chi connectivity index (χ3v) is 7.17. The molecule has 1 unspecified atom stereocenters. The monoisotopic (exact) mass is 681 g/mol. The number of halogens is 8. The number of aromatic nitrogens is 1. The highest BCUT2D eigenvalue weighted by atomic mass is 79.9. The lowest BCUT2D eigenvalue weighted by atomic mass is 9.92. The van der Waals surface area contributed by atoms with Crippen LogP contribution in [0.4, 0.5) is 37.7 Å². The van der Waals surface area contributed by atoms with Crippen LogP contribution in [0.3, 0.4) is 0 Å². The fraction of sp³-hybridized carbons (Fsp3) is 0.296. The van der Waals surface area contributed by atoms with Crippen molar-refractivity contribution in [2.45, 2.75) is 37.5 Å². The highest BCUT2D eigenvalue weighted by molar-refractivity contribution is 9.10. The molecule has 7 nitrogen and oxygen atoms in total. The van der Waals surface area contributed by atoms with Crippen molar-refractivity contribution in [2.24, 2.45) is 0 Å². The molecular formula is C27H23BrClF6N3O4. The smallest absolute Gasteiger partial charge is 0.434 e. The van der Waals surface area contributed by atoms with E-state index in [1.165, 1.54) is 55.5 Å². The average Bonchev–Trinajstić information content (AvgIpc) is 2.92. The van der Waals surface area contributed by atoms with Crippen LogP contribution in [-0.4, -0.2) is 37.0 Å². The summed E-state index contributed by atoms with van der Waals surface area (Å²) in [5.41, 5.74) is -6.80. The summed E-state index contributed by atoms with van der Waals surface area (Å²) in [4.78, 5) is 27.9. The SMILES string of the molecule is CCc1cc(C(F)(C(F)(F)F)C(F)(F)Cl)cc(Br)c1NC(=O)c1cccc(N(CC)C(=O)c2ccc[n+]([O-])c2)c1OC. The fourth-order valence-electron chi connectivity index (χ4n) is 4.24. The lowest BCUT2D eigenvalue weighted by molar-refractivity contribution is -0.605. The van der Waals surface area contributed by atoms with Gasteiger partial charge in [0.25, 0.3) is 11.8 Å². The summed E-state index contributed by atoms with van der Waals surface area (Å²) >= 11 is 7.55. The summed E-state index contributed by atoms with van der Waals surface area (Å²) in [5.74, 6) is -1.47. The first kappa shape index (κ1) is 33.0. The zero-order valence-corrected chi connectivity index (χ0v) is 24.5. The van der Waals surface area contributed by atoms with E-state index in [1.807, 2.05) is 0 Å². The Morgan fingerprint density at radius 1 is 1.10 bits per heavy atom. The molecule has 226 valence electrons.